The Hall–Kier alpha value is -1.90. The van der Waals surface area contributed by atoms with Crippen molar-refractivity contribution in [3.63, 3.8) is 0 Å². The molecule has 0 unspecified atom stereocenters. The molecule has 2 aromatic rings. The maximum absolute atomic E-state index is 4.70. The summed E-state index contributed by atoms with van der Waals surface area (Å²) < 4.78 is 2.19. The molecule has 3 nitrogen and oxygen atoms in total. The van der Waals surface area contributed by atoms with Crippen LogP contribution in [0.15, 0.2) is 41.7 Å². The van der Waals surface area contributed by atoms with Gasteiger partial charge in [0, 0.05) is 31.0 Å². The van der Waals surface area contributed by atoms with Gasteiger partial charge in [0.15, 0.2) is 5.82 Å². The molecule has 0 N–H and O–H groups in total. The third kappa shape index (κ3) is 1.78. The average Bonchev–Trinajstić information content (AvgIpc) is 2.71. The Bertz CT molecular complexity index is 566. The van der Waals surface area contributed by atoms with Gasteiger partial charge in [0.1, 0.15) is 5.71 Å². The van der Waals surface area contributed by atoms with Gasteiger partial charge in [-0.25, -0.2) is 4.98 Å². The van der Waals surface area contributed by atoms with Crippen LogP contribution >= 0.6 is 0 Å². The molecule has 0 spiro atoms. The fourth-order valence-corrected chi connectivity index (χ4v) is 2.25. The summed E-state index contributed by atoms with van der Waals surface area (Å²) in [7, 11) is 0. The molecule has 0 aliphatic carbocycles. The van der Waals surface area contributed by atoms with E-state index < -0.39 is 0 Å². The van der Waals surface area contributed by atoms with E-state index >= 15 is 0 Å². The highest BCUT2D eigenvalue weighted by atomic mass is 15.1. The Kier molecular flexibility index (Phi) is 2.52. The summed E-state index contributed by atoms with van der Waals surface area (Å²) in [6, 6.07) is 8.36. The number of imidazole rings is 1. The standard InChI is InChI=1S/C14H15N3/c1-11-5-2-3-6-12(11)13-14-16-8-10-17(14)9-4-7-15-13/h2-3,5-6,8,10H,4,7,9H2,1H3. The minimum atomic E-state index is 0.882. The summed E-state index contributed by atoms with van der Waals surface area (Å²) in [4.78, 5) is 9.15. The number of hydrogen-bond acceptors (Lipinski definition) is 2. The van der Waals surface area contributed by atoms with E-state index in [1.165, 1.54) is 11.1 Å². The van der Waals surface area contributed by atoms with Crippen LogP contribution in [-0.2, 0) is 6.54 Å². The Morgan fingerprint density at radius 3 is 3.00 bits per heavy atom. The number of rotatable bonds is 1. The quantitative estimate of drug-likeness (QED) is 0.733. The molecule has 0 radical (unpaired) electrons. The molecule has 1 aromatic heterocycles. The zero-order valence-electron chi connectivity index (χ0n) is 9.93. The maximum Gasteiger partial charge on any atom is 0.158 e. The number of aliphatic imine (C=N–C) groups is 1. The Labute approximate surface area is 101 Å². The molecule has 0 saturated carbocycles. The van der Waals surface area contributed by atoms with Crippen LogP contribution in [0.1, 0.15) is 23.4 Å². The monoisotopic (exact) mass is 225 g/mol. The summed E-state index contributed by atoms with van der Waals surface area (Å²) in [6.45, 7) is 4.01. The lowest BCUT2D eigenvalue weighted by Gasteiger charge is -2.08. The Morgan fingerprint density at radius 2 is 2.12 bits per heavy atom. The van der Waals surface area contributed by atoms with Crippen LogP contribution in [0.2, 0.25) is 0 Å². The third-order valence-electron chi connectivity index (χ3n) is 3.15. The minimum Gasteiger partial charge on any atom is -0.330 e. The van der Waals surface area contributed by atoms with Gasteiger partial charge in [-0.3, -0.25) is 4.99 Å². The van der Waals surface area contributed by atoms with Crippen molar-refractivity contribution >= 4 is 5.71 Å². The largest absolute Gasteiger partial charge is 0.330 e. The van der Waals surface area contributed by atoms with Gasteiger partial charge in [0.05, 0.1) is 0 Å². The molecule has 0 amide bonds. The molecule has 2 heterocycles. The second kappa shape index (κ2) is 4.17. The number of aryl methyl sites for hydroxylation is 2. The van der Waals surface area contributed by atoms with Crippen molar-refractivity contribution in [2.45, 2.75) is 19.9 Å². The molecule has 1 aliphatic rings. The van der Waals surface area contributed by atoms with Gasteiger partial charge in [0.25, 0.3) is 0 Å². The van der Waals surface area contributed by atoms with Crippen LogP contribution in [0.3, 0.4) is 0 Å². The molecule has 86 valence electrons. The zero-order valence-corrected chi connectivity index (χ0v) is 9.93. The van der Waals surface area contributed by atoms with E-state index in [2.05, 4.69) is 40.7 Å². The summed E-state index contributed by atoms with van der Waals surface area (Å²) in [5.74, 6) is 0.997. The van der Waals surface area contributed by atoms with Crippen molar-refractivity contribution in [3.8, 4) is 0 Å². The topological polar surface area (TPSA) is 30.2 Å². The highest BCUT2D eigenvalue weighted by Crippen LogP contribution is 2.16. The van der Waals surface area contributed by atoms with E-state index in [1.54, 1.807) is 0 Å². The minimum absolute atomic E-state index is 0.882. The van der Waals surface area contributed by atoms with Crippen LogP contribution in [-0.4, -0.2) is 21.8 Å². The smallest absolute Gasteiger partial charge is 0.158 e. The number of nitrogens with zero attached hydrogens (tertiary/aromatic N) is 3. The number of fused-ring (bicyclic) bond motifs is 1. The van der Waals surface area contributed by atoms with Gasteiger partial charge >= 0.3 is 0 Å². The van der Waals surface area contributed by atoms with E-state index in [0.29, 0.717) is 0 Å². The Balaban J connectivity index is 2.16. The maximum atomic E-state index is 4.70. The first-order valence-electron chi connectivity index (χ1n) is 5.98. The molecule has 3 heteroatoms. The molecule has 1 aromatic carbocycles. The van der Waals surface area contributed by atoms with E-state index in [1.807, 2.05) is 12.4 Å². The highest BCUT2D eigenvalue weighted by Gasteiger charge is 2.16. The summed E-state index contributed by atoms with van der Waals surface area (Å²) in [5, 5.41) is 0. The molecular weight excluding hydrogens is 210 g/mol. The zero-order chi connectivity index (χ0) is 11.7. The predicted octanol–water partition coefficient (Wildman–Crippen LogP) is 2.43. The second-order valence-corrected chi connectivity index (χ2v) is 4.34. The lowest BCUT2D eigenvalue weighted by atomic mass is 10.0. The summed E-state index contributed by atoms with van der Waals surface area (Å²) >= 11 is 0. The number of aromatic nitrogens is 2. The van der Waals surface area contributed by atoms with Gasteiger partial charge < -0.3 is 4.57 Å². The summed E-state index contributed by atoms with van der Waals surface area (Å²) in [6.07, 6.45) is 4.97. The number of hydrogen-bond donors (Lipinski definition) is 0. The van der Waals surface area contributed by atoms with Crippen molar-refractivity contribution in [2.75, 3.05) is 6.54 Å². The van der Waals surface area contributed by atoms with E-state index in [9.17, 15) is 0 Å². The fraction of sp³-hybridized carbons (Fsp3) is 0.286. The first-order chi connectivity index (χ1) is 8.36. The van der Waals surface area contributed by atoms with Crippen molar-refractivity contribution < 1.29 is 0 Å². The number of benzene rings is 1. The molecular formula is C14H15N3. The predicted molar refractivity (Wildman–Crippen MR) is 68.5 cm³/mol. The third-order valence-corrected chi connectivity index (χ3v) is 3.15. The van der Waals surface area contributed by atoms with E-state index in [0.717, 1.165) is 31.0 Å². The lowest BCUT2D eigenvalue weighted by Crippen LogP contribution is -2.11. The van der Waals surface area contributed by atoms with Crippen molar-refractivity contribution in [3.05, 3.63) is 53.6 Å². The first-order valence-corrected chi connectivity index (χ1v) is 5.98. The molecule has 3 rings (SSSR count). The second-order valence-electron chi connectivity index (χ2n) is 4.34. The molecule has 0 saturated heterocycles. The lowest BCUT2D eigenvalue weighted by molar-refractivity contribution is 0.660. The van der Waals surface area contributed by atoms with Crippen LogP contribution in [0.25, 0.3) is 0 Å². The summed E-state index contributed by atoms with van der Waals surface area (Å²) in [5.41, 5.74) is 3.48. The molecule has 0 atom stereocenters. The normalized spacial score (nSPS) is 15.0. The molecule has 17 heavy (non-hydrogen) atoms. The molecule has 0 bridgehead atoms. The van der Waals surface area contributed by atoms with Gasteiger partial charge in [-0.2, -0.15) is 0 Å². The van der Waals surface area contributed by atoms with Crippen molar-refractivity contribution in [1.82, 2.24) is 9.55 Å². The van der Waals surface area contributed by atoms with Crippen molar-refractivity contribution in [2.24, 2.45) is 4.99 Å². The molecule has 1 aliphatic heterocycles. The van der Waals surface area contributed by atoms with Crippen LogP contribution < -0.4 is 0 Å². The van der Waals surface area contributed by atoms with Crippen molar-refractivity contribution in [1.29, 1.82) is 0 Å². The van der Waals surface area contributed by atoms with Crippen LogP contribution in [0.4, 0.5) is 0 Å². The van der Waals surface area contributed by atoms with Gasteiger partial charge in [-0.1, -0.05) is 24.3 Å². The Morgan fingerprint density at radius 1 is 1.24 bits per heavy atom. The average molecular weight is 225 g/mol. The first kappa shape index (κ1) is 10.3. The van der Waals surface area contributed by atoms with Gasteiger partial charge in [-0.15, -0.1) is 0 Å². The van der Waals surface area contributed by atoms with Gasteiger partial charge in [-0.05, 0) is 18.9 Å². The van der Waals surface area contributed by atoms with E-state index in [4.69, 9.17) is 4.99 Å². The van der Waals surface area contributed by atoms with Gasteiger partial charge in [0.2, 0.25) is 0 Å². The van der Waals surface area contributed by atoms with Crippen LogP contribution in [0.5, 0.6) is 0 Å². The van der Waals surface area contributed by atoms with Crippen LogP contribution in [0, 0.1) is 6.92 Å². The molecule has 0 fully saturated rings. The highest BCUT2D eigenvalue weighted by molar-refractivity contribution is 6.11. The fourth-order valence-electron chi connectivity index (χ4n) is 2.25. The SMILES string of the molecule is Cc1ccccc1C1=NCCCn2ccnc21. The van der Waals surface area contributed by atoms with E-state index in [-0.39, 0.29) is 0 Å².